The summed E-state index contributed by atoms with van der Waals surface area (Å²) in [6.45, 7) is 0. The van der Waals surface area contributed by atoms with Crippen molar-refractivity contribution in [2.24, 2.45) is 0 Å². The Morgan fingerprint density at radius 1 is 1.38 bits per heavy atom. The molecule has 0 aliphatic heterocycles. The summed E-state index contributed by atoms with van der Waals surface area (Å²) in [5.41, 5.74) is 6.49. The first-order valence-electron chi connectivity index (χ1n) is 4.76. The molecule has 0 unspecified atom stereocenters. The molecular weight excluding hydrogens is 209 g/mol. The number of hydrogen-bond acceptors (Lipinski definition) is 4. The average Bonchev–Trinajstić information content (AvgIpc) is 2.64. The zero-order valence-electron chi connectivity index (χ0n) is 9.07. The van der Waals surface area contributed by atoms with Crippen molar-refractivity contribution in [3.8, 4) is 11.3 Å². The number of oxazole rings is 1. The van der Waals surface area contributed by atoms with Gasteiger partial charge in [0.25, 0.3) is 6.01 Å². The molecule has 0 fully saturated rings. The van der Waals surface area contributed by atoms with Crippen LogP contribution in [0.2, 0.25) is 0 Å². The third kappa shape index (κ3) is 1.84. The first kappa shape index (κ1) is 10.5. The van der Waals surface area contributed by atoms with E-state index in [1.54, 1.807) is 31.1 Å². The first-order chi connectivity index (χ1) is 7.58. The molecule has 0 spiro atoms. The third-order valence-electron chi connectivity index (χ3n) is 2.24. The van der Waals surface area contributed by atoms with Crippen LogP contribution >= 0.6 is 0 Å². The van der Waals surface area contributed by atoms with E-state index in [1.807, 2.05) is 0 Å². The molecule has 1 aromatic heterocycles. The van der Waals surface area contributed by atoms with Crippen LogP contribution in [-0.4, -0.2) is 19.1 Å². The summed E-state index contributed by atoms with van der Waals surface area (Å²) in [7, 11) is 3.56. The van der Waals surface area contributed by atoms with Crippen molar-refractivity contribution >= 4 is 11.7 Å². The molecule has 0 bridgehead atoms. The monoisotopic (exact) mass is 221 g/mol. The molecule has 4 nitrogen and oxygen atoms in total. The normalized spacial score (nSPS) is 10.4. The average molecular weight is 221 g/mol. The van der Waals surface area contributed by atoms with Gasteiger partial charge in [-0.2, -0.15) is 0 Å². The fraction of sp³-hybridized carbons (Fsp3) is 0.182. The number of anilines is 2. The van der Waals surface area contributed by atoms with E-state index in [4.69, 9.17) is 10.2 Å². The lowest BCUT2D eigenvalue weighted by Gasteiger charge is -2.13. The molecule has 1 aromatic carbocycles. The Kier molecular flexibility index (Phi) is 2.52. The fourth-order valence-electron chi connectivity index (χ4n) is 1.44. The number of benzene rings is 1. The molecule has 1 heterocycles. The summed E-state index contributed by atoms with van der Waals surface area (Å²) < 4.78 is 18.8. The molecular formula is C11H12FN3O. The third-order valence-corrected chi connectivity index (χ3v) is 2.24. The van der Waals surface area contributed by atoms with Gasteiger partial charge in [-0.05, 0) is 18.2 Å². The lowest BCUT2D eigenvalue weighted by Crippen LogP contribution is -2.10. The molecule has 2 rings (SSSR count). The van der Waals surface area contributed by atoms with Crippen LogP contribution in [0.3, 0.4) is 0 Å². The second kappa shape index (κ2) is 3.84. The lowest BCUT2D eigenvalue weighted by atomic mass is 10.1. The van der Waals surface area contributed by atoms with E-state index in [2.05, 4.69) is 4.98 Å². The maximum atomic E-state index is 13.7. The van der Waals surface area contributed by atoms with Crippen LogP contribution in [0, 0.1) is 5.82 Å². The summed E-state index contributed by atoms with van der Waals surface area (Å²) in [6.07, 6.45) is 1.47. The minimum atomic E-state index is -0.308. The smallest absolute Gasteiger partial charge is 0.292 e. The highest BCUT2D eigenvalue weighted by Gasteiger charge is 2.09. The summed E-state index contributed by atoms with van der Waals surface area (Å²) in [6, 6.07) is 4.92. The van der Waals surface area contributed by atoms with Crippen LogP contribution in [0.4, 0.5) is 16.1 Å². The summed E-state index contributed by atoms with van der Waals surface area (Å²) >= 11 is 0. The van der Waals surface area contributed by atoms with Crippen LogP contribution in [-0.2, 0) is 0 Å². The predicted octanol–water partition coefficient (Wildman–Crippen LogP) is 2.13. The second-order valence-corrected chi connectivity index (χ2v) is 3.62. The molecule has 0 radical (unpaired) electrons. The van der Waals surface area contributed by atoms with E-state index in [1.165, 1.54) is 12.3 Å². The van der Waals surface area contributed by atoms with Gasteiger partial charge in [0.05, 0.1) is 11.9 Å². The van der Waals surface area contributed by atoms with Gasteiger partial charge >= 0.3 is 0 Å². The van der Waals surface area contributed by atoms with E-state index in [0.29, 0.717) is 17.0 Å². The van der Waals surface area contributed by atoms with E-state index >= 15 is 0 Å². The number of nitrogen functional groups attached to an aromatic ring is 1. The van der Waals surface area contributed by atoms with Crippen LogP contribution in [0.1, 0.15) is 0 Å². The molecule has 2 N–H and O–H groups in total. The Bertz CT molecular complexity index is 508. The largest absolute Gasteiger partial charge is 0.424 e. The van der Waals surface area contributed by atoms with Gasteiger partial charge < -0.3 is 15.1 Å². The van der Waals surface area contributed by atoms with Crippen molar-refractivity contribution in [2.45, 2.75) is 0 Å². The number of nitrogens with zero attached hydrogens (tertiary/aromatic N) is 2. The summed E-state index contributed by atoms with van der Waals surface area (Å²) in [5.74, 6) is 0.152. The van der Waals surface area contributed by atoms with Gasteiger partial charge in [-0.1, -0.05) is 0 Å². The Hall–Kier alpha value is -2.04. The Morgan fingerprint density at radius 2 is 2.12 bits per heavy atom. The Morgan fingerprint density at radius 3 is 2.62 bits per heavy atom. The molecule has 0 amide bonds. The van der Waals surface area contributed by atoms with Gasteiger partial charge in [0, 0.05) is 19.7 Å². The standard InChI is InChI=1S/C11H12FN3O/c1-15(2)9-4-3-7(5-8(9)12)10-6-14-11(13)16-10/h3-6H,1-2H3,(H2,13,14). The summed E-state index contributed by atoms with van der Waals surface area (Å²) in [4.78, 5) is 5.46. The molecule has 84 valence electrons. The van der Waals surface area contributed by atoms with Gasteiger partial charge in [-0.15, -0.1) is 0 Å². The van der Waals surface area contributed by atoms with Crippen molar-refractivity contribution in [3.05, 3.63) is 30.2 Å². The number of rotatable bonds is 2. The van der Waals surface area contributed by atoms with Gasteiger partial charge in [-0.3, -0.25) is 0 Å². The number of hydrogen-bond donors (Lipinski definition) is 1. The fourth-order valence-corrected chi connectivity index (χ4v) is 1.44. The van der Waals surface area contributed by atoms with Crippen molar-refractivity contribution in [1.82, 2.24) is 4.98 Å². The van der Waals surface area contributed by atoms with Crippen LogP contribution in [0.15, 0.2) is 28.8 Å². The second-order valence-electron chi connectivity index (χ2n) is 3.62. The molecule has 0 aliphatic rings. The highest BCUT2D eigenvalue weighted by molar-refractivity contribution is 5.62. The van der Waals surface area contributed by atoms with Gasteiger partial charge in [0.2, 0.25) is 0 Å². The van der Waals surface area contributed by atoms with Crippen molar-refractivity contribution in [2.75, 3.05) is 24.7 Å². The molecule has 2 aromatic rings. The number of halogens is 1. The molecule has 0 atom stereocenters. The maximum absolute atomic E-state index is 13.7. The van der Waals surface area contributed by atoms with Crippen LogP contribution in [0.5, 0.6) is 0 Å². The lowest BCUT2D eigenvalue weighted by molar-refractivity contribution is 0.591. The quantitative estimate of drug-likeness (QED) is 0.844. The molecule has 0 saturated carbocycles. The molecule has 0 aliphatic carbocycles. The highest BCUT2D eigenvalue weighted by Crippen LogP contribution is 2.26. The highest BCUT2D eigenvalue weighted by atomic mass is 19.1. The van der Waals surface area contributed by atoms with Crippen LogP contribution in [0.25, 0.3) is 11.3 Å². The minimum absolute atomic E-state index is 0.0760. The van der Waals surface area contributed by atoms with Crippen molar-refractivity contribution < 1.29 is 8.81 Å². The minimum Gasteiger partial charge on any atom is -0.424 e. The van der Waals surface area contributed by atoms with E-state index < -0.39 is 0 Å². The molecule has 5 heteroatoms. The number of nitrogens with two attached hydrogens (primary N) is 1. The SMILES string of the molecule is CN(C)c1ccc(-c2cnc(N)o2)cc1F. The first-order valence-corrected chi connectivity index (χ1v) is 4.76. The zero-order chi connectivity index (χ0) is 11.7. The summed E-state index contributed by atoms with van der Waals surface area (Å²) in [5, 5.41) is 0. The molecule has 0 saturated heterocycles. The predicted molar refractivity (Wildman–Crippen MR) is 60.6 cm³/mol. The van der Waals surface area contributed by atoms with Gasteiger partial charge in [0.15, 0.2) is 5.76 Å². The van der Waals surface area contributed by atoms with Gasteiger partial charge in [0.1, 0.15) is 5.82 Å². The van der Waals surface area contributed by atoms with Crippen LogP contribution < -0.4 is 10.6 Å². The van der Waals surface area contributed by atoms with Gasteiger partial charge in [-0.25, -0.2) is 9.37 Å². The van der Waals surface area contributed by atoms with E-state index in [-0.39, 0.29) is 11.8 Å². The maximum Gasteiger partial charge on any atom is 0.292 e. The van der Waals surface area contributed by atoms with E-state index in [9.17, 15) is 4.39 Å². The van der Waals surface area contributed by atoms with E-state index in [0.717, 1.165) is 0 Å². The Labute approximate surface area is 92.5 Å². The molecule has 16 heavy (non-hydrogen) atoms. The number of aromatic nitrogens is 1. The zero-order valence-corrected chi connectivity index (χ0v) is 9.07. The van der Waals surface area contributed by atoms with Crippen molar-refractivity contribution in [1.29, 1.82) is 0 Å². The topological polar surface area (TPSA) is 55.3 Å². The van der Waals surface area contributed by atoms with Crippen molar-refractivity contribution in [3.63, 3.8) is 0 Å². The Balaban J connectivity index is 2.42.